The van der Waals surface area contributed by atoms with Gasteiger partial charge in [-0.15, -0.1) is 0 Å². The van der Waals surface area contributed by atoms with E-state index in [1.54, 1.807) is 0 Å². The van der Waals surface area contributed by atoms with E-state index in [2.05, 4.69) is 16.5 Å². The molecule has 0 aliphatic carbocycles. The second-order valence-electron chi connectivity index (χ2n) is 4.56. The zero-order chi connectivity index (χ0) is 13.2. The molecule has 1 unspecified atom stereocenters. The van der Waals surface area contributed by atoms with E-state index in [9.17, 15) is 0 Å². The molecule has 1 heterocycles. The molecule has 2 aromatic rings. The maximum Gasteiger partial charge on any atom is 0.0732 e. The Morgan fingerprint density at radius 1 is 0.947 bits per heavy atom. The lowest BCUT2D eigenvalue weighted by molar-refractivity contribution is 0.684. The first-order valence-electron chi connectivity index (χ1n) is 6.29. The number of rotatable bonds is 2. The summed E-state index contributed by atoms with van der Waals surface area (Å²) in [5, 5.41) is 3.66. The first-order valence-corrected chi connectivity index (χ1v) is 7.04. The van der Waals surface area contributed by atoms with Crippen molar-refractivity contribution >= 4 is 28.9 Å². The van der Waals surface area contributed by atoms with Crippen LogP contribution in [-0.4, -0.2) is 6.54 Å². The van der Waals surface area contributed by atoms with Crippen molar-refractivity contribution in [3.05, 3.63) is 64.1 Å². The minimum absolute atomic E-state index is 0.216. The van der Waals surface area contributed by atoms with Crippen molar-refractivity contribution in [3.63, 3.8) is 0 Å². The monoisotopic (exact) mass is 292 g/mol. The molecule has 1 saturated heterocycles. The zero-order valence-corrected chi connectivity index (χ0v) is 11.8. The molecule has 1 aliphatic rings. The quantitative estimate of drug-likeness (QED) is 0.880. The van der Waals surface area contributed by atoms with E-state index < -0.39 is 0 Å². The highest BCUT2D eigenvalue weighted by Gasteiger charge is 2.28. The highest BCUT2D eigenvalue weighted by Crippen LogP contribution is 2.37. The molecule has 0 bridgehead atoms. The van der Waals surface area contributed by atoms with Crippen molar-refractivity contribution in [3.8, 4) is 0 Å². The van der Waals surface area contributed by atoms with Gasteiger partial charge in [0.25, 0.3) is 0 Å². The van der Waals surface area contributed by atoms with Gasteiger partial charge in [-0.3, -0.25) is 5.01 Å². The number of anilines is 1. The predicted molar refractivity (Wildman–Crippen MR) is 80.7 cm³/mol. The summed E-state index contributed by atoms with van der Waals surface area (Å²) < 4.78 is 0. The first-order chi connectivity index (χ1) is 9.27. The summed E-state index contributed by atoms with van der Waals surface area (Å²) in [6, 6.07) is 16.0. The summed E-state index contributed by atoms with van der Waals surface area (Å²) in [4.78, 5) is 0. The van der Waals surface area contributed by atoms with E-state index in [1.807, 2.05) is 42.5 Å². The van der Waals surface area contributed by atoms with E-state index in [1.165, 1.54) is 0 Å². The number of hydrazine groups is 1. The molecule has 0 radical (unpaired) electrons. The van der Waals surface area contributed by atoms with Gasteiger partial charge in [0.2, 0.25) is 0 Å². The first kappa shape index (κ1) is 12.8. The number of benzene rings is 2. The van der Waals surface area contributed by atoms with Gasteiger partial charge in [0.1, 0.15) is 0 Å². The topological polar surface area (TPSA) is 15.3 Å². The maximum absolute atomic E-state index is 6.31. The minimum atomic E-state index is 0.216. The van der Waals surface area contributed by atoms with Gasteiger partial charge in [-0.2, -0.15) is 0 Å². The van der Waals surface area contributed by atoms with Gasteiger partial charge in [-0.1, -0.05) is 53.5 Å². The Morgan fingerprint density at radius 2 is 1.63 bits per heavy atom. The van der Waals surface area contributed by atoms with Crippen LogP contribution in [0.25, 0.3) is 0 Å². The molecule has 3 rings (SSSR count). The van der Waals surface area contributed by atoms with Crippen molar-refractivity contribution in [2.75, 3.05) is 11.6 Å². The third-order valence-corrected chi connectivity index (χ3v) is 4.05. The summed E-state index contributed by atoms with van der Waals surface area (Å²) in [6.07, 6.45) is 1.01. The molecule has 0 saturated carbocycles. The van der Waals surface area contributed by atoms with Crippen LogP contribution in [0.1, 0.15) is 18.0 Å². The highest BCUT2D eigenvalue weighted by atomic mass is 35.5. The van der Waals surface area contributed by atoms with E-state index >= 15 is 0 Å². The molecule has 4 heteroatoms. The summed E-state index contributed by atoms with van der Waals surface area (Å²) in [5.41, 5.74) is 5.51. The number of hydrogen-bond donors (Lipinski definition) is 1. The van der Waals surface area contributed by atoms with Crippen molar-refractivity contribution in [1.82, 2.24) is 5.43 Å². The highest BCUT2D eigenvalue weighted by molar-refractivity contribution is 6.33. The van der Waals surface area contributed by atoms with Crippen LogP contribution in [0.4, 0.5) is 5.69 Å². The van der Waals surface area contributed by atoms with Crippen LogP contribution in [0.15, 0.2) is 48.5 Å². The predicted octanol–water partition coefficient (Wildman–Crippen LogP) is 4.45. The van der Waals surface area contributed by atoms with Crippen molar-refractivity contribution in [1.29, 1.82) is 0 Å². The largest absolute Gasteiger partial charge is 0.299 e. The second-order valence-corrected chi connectivity index (χ2v) is 5.37. The summed E-state index contributed by atoms with van der Waals surface area (Å²) in [5.74, 6) is 0. The molecule has 1 aliphatic heterocycles. The summed E-state index contributed by atoms with van der Waals surface area (Å²) >= 11 is 12.6. The molecule has 2 aromatic carbocycles. The SMILES string of the molecule is Clc1ccccc1C1CCNN1c1ccccc1Cl. The van der Waals surface area contributed by atoms with Crippen molar-refractivity contribution in [2.45, 2.75) is 12.5 Å². The van der Waals surface area contributed by atoms with E-state index in [0.717, 1.165) is 34.3 Å². The van der Waals surface area contributed by atoms with Crippen LogP contribution < -0.4 is 10.4 Å². The number of para-hydroxylation sites is 1. The molecule has 1 fully saturated rings. The Balaban J connectivity index is 1.99. The third-order valence-electron chi connectivity index (χ3n) is 3.39. The van der Waals surface area contributed by atoms with Crippen molar-refractivity contribution in [2.24, 2.45) is 0 Å². The Morgan fingerprint density at radius 3 is 2.37 bits per heavy atom. The summed E-state index contributed by atoms with van der Waals surface area (Å²) in [6.45, 7) is 0.918. The molecule has 0 amide bonds. The Bertz CT molecular complexity index is 534. The van der Waals surface area contributed by atoms with Gasteiger partial charge in [0, 0.05) is 11.6 Å². The van der Waals surface area contributed by atoms with Crippen LogP contribution >= 0.6 is 23.2 Å². The molecule has 19 heavy (non-hydrogen) atoms. The minimum Gasteiger partial charge on any atom is -0.299 e. The fourth-order valence-corrected chi connectivity index (χ4v) is 2.99. The molecule has 0 spiro atoms. The fraction of sp³-hybridized carbons (Fsp3) is 0.200. The summed E-state index contributed by atoms with van der Waals surface area (Å²) in [7, 11) is 0. The molecular weight excluding hydrogens is 279 g/mol. The van der Waals surface area contributed by atoms with Crippen LogP contribution in [0, 0.1) is 0 Å². The molecule has 2 nitrogen and oxygen atoms in total. The van der Waals surface area contributed by atoms with Crippen LogP contribution in [-0.2, 0) is 0 Å². The van der Waals surface area contributed by atoms with Crippen molar-refractivity contribution < 1.29 is 0 Å². The standard InChI is InChI=1S/C15H14Cl2N2/c16-12-6-2-1-5-11(12)14-9-10-18-19(14)15-8-4-3-7-13(15)17/h1-8,14,18H,9-10H2. The van der Waals surface area contributed by atoms with Gasteiger partial charge in [-0.05, 0) is 30.2 Å². The average molecular weight is 293 g/mol. The van der Waals surface area contributed by atoms with Crippen LogP contribution in [0.3, 0.4) is 0 Å². The number of hydrogen-bond acceptors (Lipinski definition) is 2. The smallest absolute Gasteiger partial charge is 0.0732 e. The number of nitrogens with one attached hydrogen (secondary N) is 1. The van der Waals surface area contributed by atoms with Crippen LogP contribution in [0.2, 0.25) is 10.0 Å². The molecule has 1 atom stereocenters. The van der Waals surface area contributed by atoms with Gasteiger partial charge in [0.05, 0.1) is 16.8 Å². The molecule has 98 valence electrons. The van der Waals surface area contributed by atoms with Gasteiger partial charge >= 0.3 is 0 Å². The normalized spacial score (nSPS) is 18.8. The number of nitrogens with zero attached hydrogens (tertiary/aromatic N) is 1. The maximum atomic E-state index is 6.31. The molecule has 1 N–H and O–H groups in total. The Labute approximate surface area is 122 Å². The lowest BCUT2D eigenvalue weighted by Crippen LogP contribution is -2.33. The van der Waals surface area contributed by atoms with E-state index in [-0.39, 0.29) is 6.04 Å². The lowest BCUT2D eigenvalue weighted by atomic mass is 10.0. The van der Waals surface area contributed by atoms with Crippen LogP contribution in [0.5, 0.6) is 0 Å². The van der Waals surface area contributed by atoms with Gasteiger partial charge in [-0.25, -0.2) is 5.43 Å². The molecular formula is C15H14Cl2N2. The van der Waals surface area contributed by atoms with E-state index in [4.69, 9.17) is 23.2 Å². The lowest BCUT2D eigenvalue weighted by Gasteiger charge is -2.28. The van der Waals surface area contributed by atoms with Gasteiger partial charge in [0.15, 0.2) is 0 Å². The number of halogens is 2. The van der Waals surface area contributed by atoms with Gasteiger partial charge < -0.3 is 0 Å². The average Bonchev–Trinajstić information content (AvgIpc) is 2.89. The fourth-order valence-electron chi connectivity index (χ4n) is 2.50. The Kier molecular flexibility index (Phi) is 3.65. The zero-order valence-electron chi connectivity index (χ0n) is 10.3. The second kappa shape index (κ2) is 5.41. The third kappa shape index (κ3) is 2.44. The molecule has 0 aromatic heterocycles. The Hall–Kier alpha value is -1.22. The van der Waals surface area contributed by atoms with E-state index in [0.29, 0.717) is 0 Å².